The topological polar surface area (TPSA) is 38.9 Å². The SMILES string of the molecule is c1ccc(C2(c3ccccc3)c3ccccc3-c3ccc(-c4cc(-c5cccc(-c6cccc7oc8ccccc8c67)c5)nc(-c5cccc6ccccc56)n4)cc32)cc1. The quantitative estimate of drug-likeness (QED) is 0.169. The Morgan fingerprint density at radius 2 is 0.917 bits per heavy atom. The standard InChI is InChI=1S/C57H36N2O/c1-3-20-41(21-4-1)57(42-22-5-2-6-23-42)49-29-11-9-25-45(49)46-33-32-40(35-50(46)57)52-36-51(58-56(59-52)47-28-14-17-37-16-7-8-24-43(37)47)39-19-13-18-38(34-39)44-27-15-31-54-55(44)48-26-10-12-30-53(48)60-54/h1-36H. The molecule has 0 radical (unpaired) electrons. The Hall–Kier alpha value is -7.88. The van der Waals surface area contributed by atoms with E-state index in [1.54, 1.807) is 0 Å². The van der Waals surface area contributed by atoms with Crippen LogP contribution in [-0.4, -0.2) is 9.97 Å². The van der Waals surface area contributed by atoms with E-state index in [2.05, 4.69) is 206 Å². The summed E-state index contributed by atoms with van der Waals surface area (Å²) in [5.74, 6) is 0.689. The van der Waals surface area contributed by atoms with Gasteiger partial charge in [-0.2, -0.15) is 0 Å². The molecule has 3 heteroatoms. The molecule has 60 heavy (non-hydrogen) atoms. The van der Waals surface area contributed by atoms with E-state index in [9.17, 15) is 0 Å². The third kappa shape index (κ3) is 5.23. The first-order valence-electron chi connectivity index (χ1n) is 20.5. The predicted octanol–water partition coefficient (Wildman–Crippen LogP) is 14.6. The summed E-state index contributed by atoms with van der Waals surface area (Å²) in [5, 5.41) is 4.49. The summed E-state index contributed by atoms with van der Waals surface area (Å²) in [5.41, 5.74) is 15.7. The summed E-state index contributed by atoms with van der Waals surface area (Å²) < 4.78 is 6.30. The van der Waals surface area contributed by atoms with Gasteiger partial charge in [-0.25, -0.2) is 9.97 Å². The second-order valence-electron chi connectivity index (χ2n) is 15.6. The van der Waals surface area contributed by atoms with Gasteiger partial charge in [-0.15, -0.1) is 0 Å². The lowest BCUT2D eigenvalue weighted by Gasteiger charge is -2.34. The van der Waals surface area contributed by atoms with Crippen LogP contribution in [0.4, 0.5) is 0 Å². The number of hydrogen-bond donors (Lipinski definition) is 0. The third-order valence-electron chi connectivity index (χ3n) is 12.4. The van der Waals surface area contributed by atoms with Gasteiger partial charge < -0.3 is 4.42 Å². The molecule has 0 N–H and O–H groups in total. The van der Waals surface area contributed by atoms with Gasteiger partial charge in [-0.1, -0.05) is 188 Å². The number of fused-ring (bicyclic) bond motifs is 7. The maximum Gasteiger partial charge on any atom is 0.161 e. The molecule has 11 aromatic rings. The van der Waals surface area contributed by atoms with Crippen molar-refractivity contribution in [3.63, 3.8) is 0 Å². The highest BCUT2D eigenvalue weighted by Gasteiger charge is 2.46. The monoisotopic (exact) mass is 764 g/mol. The van der Waals surface area contributed by atoms with Crippen molar-refractivity contribution in [3.05, 3.63) is 241 Å². The summed E-state index contributed by atoms with van der Waals surface area (Å²) in [6.45, 7) is 0. The lowest BCUT2D eigenvalue weighted by Crippen LogP contribution is -2.28. The van der Waals surface area contributed by atoms with Gasteiger partial charge in [0, 0.05) is 27.5 Å². The minimum atomic E-state index is -0.522. The summed E-state index contributed by atoms with van der Waals surface area (Å²) >= 11 is 0. The summed E-state index contributed by atoms with van der Waals surface area (Å²) in [6.07, 6.45) is 0. The lowest BCUT2D eigenvalue weighted by molar-refractivity contribution is 0.669. The second-order valence-corrected chi connectivity index (χ2v) is 15.6. The fraction of sp³-hybridized carbons (Fsp3) is 0.0175. The highest BCUT2D eigenvalue weighted by molar-refractivity contribution is 6.12. The molecule has 12 rings (SSSR count). The minimum absolute atomic E-state index is 0.522. The van der Waals surface area contributed by atoms with Gasteiger partial charge in [0.15, 0.2) is 5.82 Å². The first-order valence-corrected chi connectivity index (χ1v) is 20.5. The largest absolute Gasteiger partial charge is 0.456 e. The van der Waals surface area contributed by atoms with Crippen molar-refractivity contribution in [1.29, 1.82) is 0 Å². The van der Waals surface area contributed by atoms with E-state index in [1.807, 2.05) is 12.1 Å². The van der Waals surface area contributed by atoms with E-state index >= 15 is 0 Å². The second kappa shape index (κ2) is 13.6. The van der Waals surface area contributed by atoms with E-state index < -0.39 is 5.41 Å². The van der Waals surface area contributed by atoms with Crippen LogP contribution in [0.1, 0.15) is 22.3 Å². The molecule has 0 amide bonds. The van der Waals surface area contributed by atoms with Gasteiger partial charge in [0.25, 0.3) is 0 Å². The lowest BCUT2D eigenvalue weighted by atomic mass is 9.67. The van der Waals surface area contributed by atoms with E-state index in [0.29, 0.717) is 5.82 Å². The van der Waals surface area contributed by atoms with Crippen LogP contribution in [-0.2, 0) is 5.41 Å². The molecule has 0 spiro atoms. The van der Waals surface area contributed by atoms with Crippen LogP contribution < -0.4 is 0 Å². The van der Waals surface area contributed by atoms with Gasteiger partial charge in [0.2, 0.25) is 0 Å². The van der Waals surface area contributed by atoms with Crippen molar-refractivity contribution in [3.8, 4) is 56.2 Å². The van der Waals surface area contributed by atoms with Crippen molar-refractivity contribution < 1.29 is 4.42 Å². The number of rotatable bonds is 6. The van der Waals surface area contributed by atoms with E-state index in [-0.39, 0.29) is 0 Å². The molecule has 0 bridgehead atoms. The minimum Gasteiger partial charge on any atom is -0.456 e. The van der Waals surface area contributed by atoms with Crippen LogP contribution in [0.15, 0.2) is 223 Å². The molecule has 0 saturated heterocycles. The normalized spacial score (nSPS) is 12.8. The van der Waals surface area contributed by atoms with Gasteiger partial charge >= 0.3 is 0 Å². The Morgan fingerprint density at radius 1 is 0.350 bits per heavy atom. The van der Waals surface area contributed by atoms with Gasteiger partial charge in [-0.05, 0) is 85.6 Å². The molecule has 0 saturated carbocycles. The van der Waals surface area contributed by atoms with E-state index in [0.717, 1.165) is 71.9 Å². The molecule has 2 heterocycles. The Balaban J connectivity index is 1.09. The molecule has 1 aliphatic carbocycles. The van der Waals surface area contributed by atoms with Crippen LogP contribution in [0.5, 0.6) is 0 Å². The summed E-state index contributed by atoms with van der Waals surface area (Å²) in [4.78, 5) is 10.8. The average Bonchev–Trinajstić information content (AvgIpc) is 3.86. The fourth-order valence-electron chi connectivity index (χ4n) is 9.75. The molecule has 280 valence electrons. The molecular formula is C57H36N2O. The zero-order valence-electron chi connectivity index (χ0n) is 32.6. The van der Waals surface area contributed by atoms with Crippen molar-refractivity contribution in [2.24, 2.45) is 0 Å². The molecular weight excluding hydrogens is 729 g/mol. The van der Waals surface area contributed by atoms with Gasteiger partial charge in [-0.3, -0.25) is 0 Å². The predicted molar refractivity (Wildman–Crippen MR) is 246 cm³/mol. The first kappa shape index (κ1) is 34.2. The van der Waals surface area contributed by atoms with Crippen molar-refractivity contribution in [2.45, 2.75) is 5.41 Å². The first-order chi connectivity index (χ1) is 29.7. The Labute approximate surface area is 347 Å². The zero-order chi connectivity index (χ0) is 39.6. The van der Waals surface area contributed by atoms with E-state index in [1.165, 1.54) is 33.4 Å². The van der Waals surface area contributed by atoms with Crippen LogP contribution >= 0.6 is 0 Å². The number of nitrogens with zero attached hydrogens (tertiary/aromatic N) is 2. The number of furan rings is 1. The third-order valence-corrected chi connectivity index (χ3v) is 12.4. The molecule has 0 fully saturated rings. The molecule has 0 aliphatic heterocycles. The number of hydrogen-bond acceptors (Lipinski definition) is 3. The van der Waals surface area contributed by atoms with Gasteiger partial charge in [0.05, 0.1) is 16.8 Å². The Bertz CT molecular complexity index is 3390. The van der Waals surface area contributed by atoms with E-state index in [4.69, 9.17) is 14.4 Å². The van der Waals surface area contributed by atoms with Crippen LogP contribution in [0.2, 0.25) is 0 Å². The van der Waals surface area contributed by atoms with Crippen LogP contribution in [0.3, 0.4) is 0 Å². The average molecular weight is 765 g/mol. The maximum atomic E-state index is 6.30. The maximum absolute atomic E-state index is 6.30. The Morgan fingerprint density at radius 3 is 1.73 bits per heavy atom. The molecule has 1 aliphatic rings. The highest BCUT2D eigenvalue weighted by Crippen LogP contribution is 2.56. The Kier molecular flexibility index (Phi) is 7.76. The molecule has 9 aromatic carbocycles. The molecule has 0 atom stereocenters. The number of aromatic nitrogens is 2. The van der Waals surface area contributed by atoms with Crippen molar-refractivity contribution in [2.75, 3.05) is 0 Å². The smallest absolute Gasteiger partial charge is 0.161 e. The van der Waals surface area contributed by atoms with Crippen molar-refractivity contribution >= 4 is 32.7 Å². The zero-order valence-corrected chi connectivity index (χ0v) is 32.6. The van der Waals surface area contributed by atoms with Gasteiger partial charge in [0.1, 0.15) is 11.2 Å². The molecule has 3 nitrogen and oxygen atoms in total. The molecule has 0 unspecified atom stereocenters. The fourth-order valence-corrected chi connectivity index (χ4v) is 9.75. The molecule has 2 aromatic heterocycles. The summed E-state index contributed by atoms with van der Waals surface area (Å²) in [6, 6.07) is 78.1. The van der Waals surface area contributed by atoms with Crippen LogP contribution in [0.25, 0.3) is 88.9 Å². The summed E-state index contributed by atoms with van der Waals surface area (Å²) in [7, 11) is 0. The van der Waals surface area contributed by atoms with Crippen LogP contribution in [0, 0.1) is 0 Å². The highest BCUT2D eigenvalue weighted by atomic mass is 16.3. The number of benzene rings is 9. The van der Waals surface area contributed by atoms with Crippen molar-refractivity contribution in [1.82, 2.24) is 9.97 Å². The number of para-hydroxylation sites is 1.